The Balaban J connectivity index is 1.69. The summed E-state index contributed by atoms with van der Waals surface area (Å²) in [7, 11) is 1.56. The maximum absolute atomic E-state index is 13.9. The first-order chi connectivity index (χ1) is 14.5. The van der Waals surface area contributed by atoms with Crippen molar-refractivity contribution in [1.29, 1.82) is 0 Å². The van der Waals surface area contributed by atoms with E-state index in [0.717, 1.165) is 11.1 Å². The molecular formula is C23H25FO6. The van der Waals surface area contributed by atoms with Crippen LogP contribution in [0.25, 0.3) is 0 Å². The Morgan fingerprint density at radius 1 is 1.17 bits per heavy atom. The van der Waals surface area contributed by atoms with Crippen molar-refractivity contribution in [3.05, 3.63) is 53.3 Å². The van der Waals surface area contributed by atoms with Crippen molar-refractivity contribution in [3.8, 4) is 17.2 Å². The average molecular weight is 416 g/mol. The molecule has 1 aliphatic heterocycles. The molecule has 4 atom stereocenters. The lowest BCUT2D eigenvalue weighted by molar-refractivity contribution is -0.142. The zero-order valence-electron chi connectivity index (χ0n) is 17.0. The number of methoxy groups -OCH3 is 1. The number of ether oxygens (including phenoxy) is 4. The van der Waals surface area contributed by atoms with Crippen LogP contribution in [0.2, 0.25) is 0 Å². The van der Waals surface area contributed by atoms with Gasteiger partial charge >= 0.3 is 5.97 Å². The summed E-state index contributed by atoms with van der Waals surface area (Å²) < 4.78 is 35.5. The van der Waals surface area contributed by atoms with Crippen LogP contribution in [-0.4, -0.2) is 38.2 Å². The number of carbonyl (C=O) groups is 1. The van der Waals surface area contributed by atoms with E-state index in [9.17, 15) is 14.3 Å². The van der Waals surface area contributed by atoms with Gasteiger partial charge in [0.1, 0.15) is 18.2 Å². The van der Waals surface area contributed by atoms with Crippen molar-refractivity contribution in [2.75, 3.05) is 27.1 Å². The largest absolute Gasteiger partial charge is 0.491 e. The number of rotatable bonds is 7. The summed E-state index contributed by atoms with van der Waals surface area (Å²) in [6.45, 7) is 2.83. The van der Waals surface area contributed by atoms with Crippen LogP contribution in [0.15, 0.2) is 36.4 Å². The van der Waals surface area contributed by atoms with Crippen molar-refractivity contribution >= 4 is 5.97 Å². The van der Waals surface area contributed by atoms with E-state index in [-0.39, 0.29) is 31.2 Å². The van der Waals surface area contributed by atoms with Crippen molar-refractivity contribution in [2.45, 2.75) is 25.2 Å². The Kier molecular flexibility index (Phi) is 5.81. The molecule has 30 heavy (non-hydrogen) atoms. The second-order valence-corrected chi connectivity index (χ2v) is 7.85. The number of carboxylic acids is 1. The third-order valence-electron chi connectivity index (χ3n) is 6.05. The molecule has 4 rings (SSSR count). The second-order valence-electron chi connectivity index (χ2n) is 7.85. The minimum absolute atomic E-state index is 0.0664. The van der Waals surface area contributed by atoms with Crippen molar-refractivity contribution in [3.63, 3.8) is 0 Å². The molecular weight excluding hydrogens is 391 g/mol. The standard InChI is InChI=1S/C23H25FO6/c1-13-9-17(14-3-6-18-20(10-14)30-12-29-18)22(23(25)26)21(13)16-5-4-15(24)11-19(16)28-8-7-27-2/h3-6,10-11,13,17,21-22H,7-9,12H2,1-2H3,(H,25,26)/t13?,17?,21?,22-/m0/s1. The smallest absolute Gasteiger partial charge is 0.307 e. The van der Waals surface area contributed by atoms with E-state index < -0.39 is 17.7 Å². The summed E-state index contributed by atoms with van der Waals surface area (Å²) in [5.74, 6) is -0.729. The Labute approximate surface area is 174 Å². The predicted molar refractivity (Wildman–Crippen MR) is 107 cm³/mol. The fraction of sp³-hybridized carbons (Fsp3) is 0.435. The first-order valence-corrected chi connectivity index (χ1v) is 10.0. The topological polar surface area (TPSA) is 74.2 Å². The van der Waals surface area contributed by atoms with Crippen LogP contribution in [0.4, 0.5) is 4.39 Å². The highest BCUT2D eigenvalue weighted by Gasteiger charge is 2.47. The summed E-state index contributed by atoms with van der Waals surface area (Å²) in [6.07, 6.45) is 0.691. The first kappa shape index (κ1) is 20.5. The highest BCUT2D eigenvalue weighted by Crippen LogP contribution is 2.54. The number of carboxylic acid groups (broad SMARTS) is 1. The first-order valence-electron chi connectivity index (χ1n) is 10.0. The van der Waals surface area contributed by atoms with Gasteiger partial charge in [-0.2, -0.15) is 0 Å². The molecule has 0 spiro atoms. The summed E-state index contributed by atoms with van der Waals surface area (Å²) in [4.78, 5) is 12.4. The number of hydrogen-bond acceptors (Lipinski definition) is 5. The lowest BCUT2D eigenvalue weighted by Crippen LogP contribution is -2.24. The molecule has 2 aromatic rings. The highest BCUT2D eigenvalue weighted by atomic mass is 19.1. The Hall–Kier alpha value is -2.80. The van der Waals surface area contributed by atoms with Crippen LogP contribution >= 0.6 is 0 Å². The number of hydrogen-bond donors (Lipinski definition) is 1. The molecule has 0 amide bonds. The number of fused-ring (bicyclic) bond motifs is 1. The summed E-state index contributed by atoms with van der Waals surface area (Å²) in [5, 5.41) is 10.2. The lowest BCUT2D eigenvalue weighted by atomic mass is 9.80. The van der Waals surface area contributed by atoms with Gasteiger partial charge in [-0.15, -0.1) is 0 Å². The van der Waals surface area contributed by atoms with E-state index in [1.54, 1.807) is 13.2 Å². The maximum Gasteiger partial charge on any atom is 0.307 e. The fourth-order valence-corrected chi connectivity index (χ4v) is 4.75. The predicted octanol–water partition coefficient (Wildman–Crippen LogP) is 4.19. The molecule has 1 heterocycles. The third-order valence-corrected chi connectivity index (χ3v) is 6.05. The minimum atomic E-state index is -0.876. The monoisotopic (exact) mass is 416 g/mol. The second kappa shape index (κ2) is 8.52. The van der Waals surface area contributed by atoms with Crippen molar-refractivity contribution in [2.24, 2.45) is 11.8 Å². The number of aliphatic carboxylic acids is 1. The molecule has 0 aromatic heterocycles. The van der Waals surface area contributed by atoms with E-state index in [2.05, 4.69) is 0 Å². The van der Waals surface area contributed by atoms with E-state index in [1.165, 1.54) is 12.1 Å². The highest BCUT2D eigenvalue weighted by molar-refractivity contribution is 5.74. The van der Waals surface area contributed by atoms with Crippen LogP contribution < -0.4 is 14.2 Å². The molecule has 1 aliphatic carbocycles. The summed E-state index contributed by atoms with van der Waals surface area (Å²) >= 11 is 0. The fourth-order valence-electron chi connectivity index (χ4n) is 4.75. The lowest BCUT2D eigenvalue weighted by Gasteiger charge is -2.25. The number of halogens is 1. The average Bonchev–Trinajstić information content (AvgIpc) is 3.32. The maximum atomic E-state index is 13.9. The van der Waals surface area contributed by atoms with Gasteiger partial charge in [-0.05, 0) is 47.6 Å². The van der Waals surface area contributed by atoms with Gasteiger partial charge in [0.25, 0.3) is 0 Å². The van der Waals surface area contributed by atoms with Gasteiger partial charge < -0.3 is 24.1 Å². The quantitative estimate of drug-likeness (QED) is 0.683. The normalized spacial score (nSPS) is 24.8. The molecule has 1 N–H and O–H groups in total. The van der Waals surface area contributed by atoms with Gasteiger partial charge in [0.2, 0.25) is 6.79 Å². The molecule has 0 saturated heterocycles. The van der Waals surface area contributed by atoms with Gasteiger partial charge in [0.15, 0.2) is 11.5 Å². The van der Waals surface area contributed by atoms with E-state index in [0.29, 0.717) is 30.3 Å². The van der Waals surface area contributed by atoms with E-state index in [1.807, 2.05) is 25.1 Å². The molecule has 0 bridgehead atoms. The van der Waals surface area contributed by atoms with Gasteiger partial charge in [-0.25, -0.2) is 4.39 Å². The third kappa shape index (κ3) is 3.81. The Morgan fingerprint density at radius 2 is 1.97 bits per heavy atom. The molecule has 2 aromatic carbocycles. The summed E-state index contributed by atoms with van der Waals surface area (Å²) in [6, 6.07) is 9.94. The van der Waals surface area contributed by atoms with E-state index in [4.69, 9.17) is 18.9 Å². The molecule has 1 saturated carbocycles. The molecule has 1 fully saturated rings. The minimum Gasteiger partial charge on any atom is -0.491 e. The molecule has 0 radical (unpaired) electrons. The zero-order valence-corrected chi connectivity index (χ0v) is 17.0. The van der Waals surface area contributed by atoms with Gasteiger partial charge in [-0.1, -0.05) is 19.1 Å². The molecule has 2 aliphatic rings. The van der Waals surface area contributed by atoms with E-state index >= 15 is 0 Å². The number of benzene rings is 2. The van der Waals surface area contributed by atoms with Gasteiger partial charge in [-0.3, -0.25) is 4.79 Å². The van der Waals surface area contributed by atoms with Crippen molar-refractivity contribution in [1.82, 2.24) is 0 Å². The van der Waals surface area contributed by atoms with Gasteiger partial charge in [0.05, 0.1) is 12.5 Å². The van der Waals surface area contributed by atoms with Crippen LogP contribution in [0.1, 0.15) is 36.3 Å². The summed E-state index contributed by atoms with van der Waals surface area (Å²) in [5.41, 5.74) is 1.63. The van der Waals surface area contributed by atoms with Crippen LogP contribution in [0, 0.1) is 17.7 Å². The Bertz CT molecular complexity index is 930. The molecule has 6 nitrogen and oxygen atoms in total. The molecule has 160 valence electrons. The van der Waals surface area contributed by atoms with Gasteiger partial charge in [0, 0.05) is 19.1 Å². The molecule has 7 heteroatoms. The SMILES string of the molecule is COCCOc1cc(F)ccc1C1C(C)CC(c2ccc3c(c2)OCO3)[C@@H]1C(=O)O. The van der Waals surface area contributed by atoms with Crippen LogP contribution in [0.3, 0.4) is 0 Å². The van der Waals surface area contributed by atoms with Crippen molar-refractivity contribution < 1.29 is 33.2 Å². The molecule has 3 unspecified atom stereocenters. The van der Waals surface area contributed by atoms with Crippen LogP contribution in [0.5, 0.6) is 17.2 Å². The Morgan fingerprint density at radius 3 is 2.73 bits per heavy atom. The zero-order chi connectivity index (χ0) is 21.3. The van der Waals surface area contributed by atoms with Crippen LogP contribution in [-0.2, 0) is 9.53 Å².